The Morgan fingerprint density at radius 2 is 2.00 bits per heavy atom. The lowest BCUT2D eigenvalue weighted by Crippen LogP contribution is -2.15. The standard InChI is InChI=1S/C13H16O/c14-11-7-10-6-5-9-3-1-2-4-12(9)13(10)8-11/h1-4,10-11,13-14H,5-8H2/t10-,11+,13+/m1/s1. The van der Waals surface area contributed by atoms with E-state index in [1.165, 1.54) is 24.0 Å². The summed E-state index contributed by atoms with van der Waals surface area (Å²) in [5.41, 5.74) is 3.03. The minimum atomic E-state index is -0.0452. The van der Waals surface area contributed by atoms with Gasteiger partial charge in [0.15, 0.2) is 0 Å². The first-order valence-corrected chi connectivity index (χ1v) is 5.60. The second kappa shape index (κ2) is 3.09. The van der Waals surface area contributed by atoms with Crippen LogP contribution in [0.2, 0.25) is 0 Å². The summed E-state index contributed by atoms with van der Waals surface area (Å²) in [6.07, 6.45) is 4.46. The summed E-state index contributed by atoms with van der Waals surface area (Å²) in [5.74, 6) is 1.40. The van der Waals surface area contributed by atoms with Gasteiger partial charge in [0.2, 0.25) is 0 Å². The van der Waals surface area contributed by atoms with E-state index < -0.39 is 0 Å². The molecule has 0 aliphatic heterocycles. The van der Waals surface area contributed by atoms with Gasteiger partial charge in [0.25, 0.3) is 0 Å². The van der Waals surface area contributed by atoms with Gasteiger partial charge in [-0.25, -0.2) is 0 Å². The van der Waals surface area contributed by atoms with Crippen LogP contribution in [0.5, 0.6) is 0 Å². The molecule has 0 radical (unpaired) electrons. The molecule has 0 unspecified atom stereocenters. The summed E-state index contributed by atoms with van der Waals surface area (Å²) in [4.78, 5) is 0. The predicted octanol–water partition coefficient (Wildman–Crippen LogP) is 2.49. The number of hydrogen-bond acceptors (Lipinski definition) is 1. The van der Waals surface area contributed by atoms with Gasteiger partial charge < -0.3 is 5.11 Å². The quantitative estimate of drug-likeness (QED) is 0.663. The van der Waals surface area contributed by atoms with Crippen LogP contribution in [-0.4, -0.2) is 11.2 Å². The molecule has 3 rings (SSSR count). The number of hydrogen-bond donors (Lipinski definition) is 1. The molecular weight excluding hydrogens is 172 g/mol. The Balaban J connectivity index is 2.01. The van der Waals surface area contributed by atoms with Crippen molar-refractivity contribution in [1.29, 1.82) is 0 Å². The minimum absolute atomic E-state index is 0.0452. The van der Waals surface area contributed by atoms with E-state index in [0.29, 0.717) is 5.92 Å². The minimum Gasteiger partial charge on any atom is -0.393 e. The van der Waals surface area contributed by atoms with Crippen LogP contribution in [0.4, 0.5) is 0 Å². The Labute approximate surface area is 84.8 Å². The summed E-state index contributed by atoms with van der Waals surface area (Å²) in [6, 6.07) is 8.76. The molecule has 1 saturated carbocycles. The number of fused-ring (bicyclic) bond motifs is 3. The molecule has 1 aromatic rings. The first-order valence-electron chi connectivity index (χ1n) is 5.60. The molecule has 0 saturated heterocycles. The molecule has 1 fully saturated rings. The van der Waals surface area contributed by atoms with Crippen molar-refractivity contribution >= 4 is 0 Å². The molecule has 1 heteroatoms. The van der Waals surface area contributed by atoms with Crippen LogP contribution in [0.15, 0.2) is 24.3 Å². The third-order valence-electron chi connectivity index (χ3n) is 3.91. The fraction of sp³-hybridized carbons (Fsp3) is 0.538. The van der Waals surface area contributed by atoms with Gasteiger partial charge in [-0.05, 0) is 48.6 Å². The summed E-state index contributed by atoms with van der Waals surface area (Å²) >= 11 is 0. The number of aliphatic hydroxyl groups excluding tert-OH is 1. The first-order chi connectivity index (χ1) is 6.84. The Hall–Kier alpha value is -0.820. The molecule has 1 aromatic carbocycles. The van der Waals surface area contributed by atoms with Crippen molar-refractivity contribution in [3.05, 3.63) is 35.4 Å². The average molecular weight is 188 g/mol. The van der Waals surface area contributed by atoms with Crippen LogP contribution in [0.1, 0.15) is 36.3 Å². The van der Waals surface area contributed by atoms with E-state index in [1.54, 1.807) is 0 Å². The Morgan fingerprint density at radius 3 is 2.93 bits per heavy atom. The SMILES string of the molecule is O[C@H]1C[C@H]2CCc3ccccc3[C@H]2C1. The second-order valence-corrected chi connectivity index (χ2v) is 4.73. The number of aliphatic hydroxyl groups is 1. The van der Waals surface area contributed by atoms with Gasteiger partial charge >= 0.3 is 0 Å². The number of aryl methyl sites for hydroxylation is 1. The highest BCUT2D eigenvalue weighted by molar-refractivity contribution is 5.34. The maximum Gasteiger partial charge on any atom is 0.0549 e. The van der Waals surface area contributed by atoms with E-state index in [1.807, 2.05) is 0 Å². The van der Waals surface area contributed by atoms with Crippen LogP contribution < -0.4 is 0 Å². The van der Waals surface area contributed by atoms with Crippen LogP contribution >= 0.6 is 0 Å². The summed E-state index contributed by atoms with van der Waals surface area (Å²) in [6.45, 7) is 0. The van der Waals surface area contributed by atoms with Crippen molar-refractivity contribution in [3.63, 3.8) is 0 Å². The van der Waals surface area contributed by atoms with Crippen molar-refractivity contribution in [3.8, 4) is 0 Å². The van der Waals surface area contributed by atoms with Gasteiger partial charge in [-0.1, -0.05) is 24.3 Å². The zero-order chi connectivity index (χ0) is 9.54. The lowest BCUT2D eigenvalue weighted by molar-refractivity contribution is 0.176. The lowest BCUT2D eigenvalue weighted by atomic mass is 9.77. The molecular formula is C13H16O. The van der Waals surface area contributed by atoms with Crippen LogP contribution in [0.3, 0.4) is 0 Å². The van der Waals surface area contributed by atoms with Crippen molar-refractivity contribution < 1.29 is 5.11 Å². The number of benzene rings is 1. The van der Waals surface area contributed by atoms with Gasteiger partial charge in [-0.2, -0.15) is 0 Å². The second-order valence-electron chi connectivity index (χ2n) is 4.73. The van der Waals surface area contributed by atoms with E-state index in [4.69, 9.17) is 0 Å². The highest BCUT2D eigenvalue weighted by atomic mass is 16.3. The molecule has 3 atom stereocenters. The Bertz CT molecular complexity index is 345. The van der Waals surface area contributed by atoms with E-state index in [-0.39, 0.29) is 6.10 Å². The summed E-state index contributed by atoms with van der Waals surface area (Å²) in [5, 5.41) is 9.69. The van der Waals surface area contributed by atoms with E-state index >= 15 is 0 Å². The Morgan fingerprint density at radius 1 is 1.14 bits per heavy atom. The van der Waals surface area contributed by atoms with Crippen molar-refractivity contribution in [2.24, 2.45) is 5.92 Å². The molecule has 0 bridgehead atoms. The van der Waals surface area contributed by atoms with Gasteiger partial charge in [-0.3, -0.25) is 0 Å². The average Bonchev–Trinajstić information content (AvgIpc) is 2.59. The van der Waals surface area contributed by atoms with E-state index in [0.717, 1.165) is 18.8 Å². The lowest BCUT2D eigenvalue weighted by Gasteiger charge is -2.27. The fourth-order valence-corrected chi connectivity index (χ4v) is 3.26. The molecule has 1 nitrogen and oxygen atoms in total. The Kier molecular flexibility index (Phi) is 1.88. The molecule has 0 amide bonds. The van der Waals surface area contributed by atoms with Crippen LogP contribution in [-0.2, 0) is 6.42 Å². The normalized spacial score (nSPS) is 35.1. The van der Waals surface area contributed by atoms with Crippen LogP contribution in [0.25, 0.3) is 0 Å². The maximum atomic E-state index is 9.69. The molecule has 2 aliphatic rings. The molecule has 74 valence electrons. The molecule has 0 aromatic heterocycles. The highest BCUT2D eigenvalue weighted by Gasteiger charge is 2.37. The van der Waals surface area contributed by atoms with E-state index in [2.05, 4.69) is 24.3 Å². The number of rotatable bonds is 0. The molecule has 14 heavy (non-hydrogen) atoms. The van der Waals surface area contributed by atoms with Crippen molar-refractivity contribution in [2.45, 2.75) is 37.7 Å². The highest BCUT2D eigenvalue weighted by Crippen LogP contribution is 2.46. The van der Waals surface area contributed by atoms with Crippen molar-refractivity contribution in [1.82, 2.24) is 0 Å². The van der Waals surface area contributed by atoms with Gasteiger partial charge in [0.05, 0.1) is 6.10 Å². The molecule has 0 spiro atoms. The van der Waals surface area contributed by atoms with Crippen LogP contribution in [0, 0.1) is 5.92 Å². The third kappa shape index (κ3) is 1.19. The van der Waals surface area contributed by atoms with Gasteiger partial charge in [-0.15, -0.1) is 0 Å². The predicted molar refractivity (Wildman–Crippen MR) is 56.2 cm³/mol. The molecule has 1 N–H and O–H groups in total. The smallest absolute Gasteiger partial charge is 0.0549 e. The maximum absolute atomic E-state index is 9.69. The van der Waals surface area contributed by atoms with Crippen molar-refractivity contribution in [2.75, 3.05) is 0 Å². The zero-order valence-corrected chi connectivity index (χ0v) is 8.32. The third-order valence-corrected chi connectivity index (χ3v) is 3.91. The summed E-state index contributed by atoms with van der Waals surface area (Å²) < 4.78 is 0. The summed E-state index contributed by atoms with van der Waals surface area (Å²) in [7, 11) is 0. The molecule has 2 aliphatic carbocycles. The zero-order valence-electron chi connectivity index (χ0n) is 8.32. The largest absolute Gasteiger partial charge is 0.393 e. The fourth-order valence-electron chi connectivity index (χ4n) is 3.26. The monoisotopic (exact) mass is 188 g/mol. The first kappa shape index (κ1) is 8.49. The topological polar surface area (TPSA) is 20.2 Å². The van der Waals surface area contributed by atoms with E-state index in [9.17, 15) is 5.11 Å². The van der Waals surface area contributed by atoms with Gasteiger partial charge in [0, 0.05) is 0 Å². The molecule has 0 heterocycles. The van der Waals surface area contributed by atoms with Gasteiger partial charge in [0.1, 0.15) is 0 Å².